The van der Waals surface area contributed by atoms with Crippen molar-refractivity contribution in [3.63, 3.8) is 0 Å². The highest BCUT2D eigenvalue weighted by molar-refractivity contribution is 6.25. The third kappa shape index (κ3) is 6.16. The molecule has 1 heterocycles. The second-order valence-electron chi connectivity index (χ2n) is 8.02. The van der Waals surface area contributed by atoms with Gasteiger partial charge in [0.25, 0.3) is 0 Å². The zero-order chi connectivity index (χ0) is 21.3. The predicted octanol–water partition coefficient (Wildman–Crippen LogP) is 7.67. The highest BCUT2D eigenvalue weighted by Crippen LogP contribution is 2.30. The van der Waals surface area contributed by atoms with E-state index >= 15 is 0 Å². The highest BCUT2D eigenvalue weighted by atomic mass is 35.5. The van der Waals surface area contributed by atoms with E-state index < -0.39 is 11.6 Å². The van der Waals surface area contributed by atoms with Crippen LogP contribution in [0.25, 0.3) is 11.3 Å². The lowest BCUT2D eigenvalue weighted by atomic mass is 9.82. The molecule has 0 N–H and O–H groups in total. The molecule has 1 aromatic heterocycles. The number of rotatable bonds is 6. The third-order valence-corrected chi connectivity index (χ3v) is 5.90. The van der Waals surface area contributed by atoms with E-state index in [2.05, 4.69) is 23.7 Å². The Morgan fingerprint density at radius 2 is 1.83 bits per heavy atom. The lowest BCUT2D eigenvalue weighted by Crippen LogP contribution is -2.11. The van der Waals surface area contributed by atoms with Crippen molar-refractivity contribution in [2.45, 2.75) is 58.3 Å². The predicted molar refractivity (Wildman–Crippen MR) is 120 cm³/mol. The van der Waals surface area contributed by atoms with E-state index in [-0.39, 0.29) is 11.5 Å². The molecule has 4 heteroatoms. The molecular weight excluding hydrogens is 400 g/mol. The largest absolute Gasteiger partial charge is 0.256 e. The number of benzene rings is 1. The van der Waals surface area contributed by atoms with Gasteiger partial charge in [-0.3, -0.25) is 4.98 Å². The van der Waals surface area contributed by atoms with Crippen molar-refractivity contribution in [1.29, 1.82) is 0 Å². The van der Waals surface area contributed by atoms with Crippen LogP contribution in [0.4, 0.5) is 8.78 Å². The number of hydrogen-bond donors (Lipinski definition) is 0. The van der Waals surface area contributed by atoms with E-state index in [0.717, 1.165) is 44.1 Å². The van der Waals surface area contributed by atoms with Gasteiger partial charge in [0, 0.05) is 23.2 Å². The molecule has 1 aliphatic rings. The summed E-state index contributed by atoms with van der Waals surface area (Å²) in [5.41, 5.74) is 3.56. The number of allylic oxidation sites excluding steroid dienone is 1. The molecule has 0 saturated heterocycles. The van der Waals surface area contributed by atoms with Gasteiger partial charge in [0.15, 0.2) is 0 Å². The van der Waals surface area contributed by atoms with E-state index in [1.807, 2.05) is 18.2 Å². The minimum Gasteiger partial charge on any atom is -0.256 e. The van der Waals surface area contributed by atoms with Crippen LogP contribution in [-0.4, -0.2) is 4.98 Å². The van der Waals surface area contributed by atoms with Crippen LogP contribution in [0.1, 0.15) is 63.0 Å². The Labute approximate surface area is 183 Å². The summed E-state index contributed by atoms with van der Waals surface area (Å²) in [5.74, 6) is 5.21. The van der Waals surface area contributed by atoms with Crippen LogP contribution >= 0.6 is 11.6 Å². The first-order valence-corrected chi connectivity index (χ1v) is 11.3. The van der Waals surface area contributed by atoms with Gasteiger partial charge in [0.1, 0.15) is 11.6 Å². The van der Waals surface area contributed by atoms with E-state index in [4.69, 9.17) is 11.6 Å². The molecule has 1 aliphatic carbocycles. The number of aromatic nitrogens is 1. The molecule has 1 nitrogen and oxygen atoms in total. The van der Waals surface area contributed by atoms with Crippen LogP contribution in [0.3, 0.4) is 0 Å². The number of pyridine rings is 1. The summed E-state index contributed by atoms with van der Waals surface area (Å²) in [6.07, 6.45) is 12.1. The fourth-order valence-corrected chi connectivity index (χ4v) is 4.10. The summed E-state index contributed by atoms with van der Waals surface area (Å²) in [4.78, 5) is 4.40. The first kappa shape index (κ1) is 22.5. The fourth-order valence-electron chi connectivity index (χ4n) is 3.90. The molecule has 0 radical (unpaired) electrons. The summed E-state index contributed by atoms with van der Waals surface area (Å²) < 4.78 is 29.2. The molecule has 0 bridgehead atoms. The molecular formula is C26H28ClF2N. The van der Waals surface area contributed by atoms with Gasteiger partial charge in [-0.1, -0.05) is 55.3 Å². The Kier molecular flexibility index (Phi) is 8.46. The van der Waals surface area contributed by atoms with Gasteiger partial charge < -0.3 is 0 Å². The number of nitrogens with zero attached hydrogens (tertiary/aromatic N) is 1. The minimum atomic E-state index is -0.634. The summed E-state index contributed by atoms with van der Waals surface area (Å²) in [6, 6.07) is 6.47. The van der Waals surface area contributed by atoms with E-state index in [0.29, 0.717) is 17.2 Å². The zero-order valence-corrected chi connectivity index (χ0v) is 18.2. The Bertz CT molecular complexity index is 893. The van der Waals surface area contributed by atoms with Crippen LogP contribution in [0.15, 0.2) is 42.1 Å². The maximum atomic E-state index is 14.6. The monoisotopic (exact) mass is 427 g/mol. The SMILES string of the molecule is CCCCCc1ccc(-c2cc(F)c(C#CC3CCC(C=CCl)CC3)c(F)c2)nc1. The standard InChI is InChI=1S/C26H28ClF2N/c1-2-3-4-5-21-11-13-26(30-18-21)22-16-24(28)23(25(29)17-22)12-10-19-6-8-20(9-7-19)14-15-27/h11,13-20H,2-9H2,1H3. The highest BCUT2D eigenvalue weighted by Gasteiger charge is 2.18. The lowest BCUT2D eigenvalue weighted by molar-refractivity contribution is 0.365. The van der Waals surface area contributed by atoms with Gasteiger partial charge in [-0.2, -0.15) is 0 Å². The summed E-state index contributed by atoms with van der Waals surface area (Å²) >= 11 is 5.64. The summed E-state index contributed by atoms with van der Waals surface area (Å²) in [5, 5.41) is 0. The van der Waals surface area contributed by atoms with Crippen LogP contribution < -0.4 is 0 Å². The topological polar surface area (TPSA) is 12.9 Å². The van der Waals surface area contributed by atoms with Crippen LogP contribution in [0.2, 0.25) is 0 Å². The average Bonchev–Trinajstić information content (AvgIpc) is 2.75. The number of hydrogen-bond acceptors (Lipinski definition) is 1. The molecule has 0 atom stereocenters. The van der Waals surface area contributed by atoms with Gasteiger partial charge in [-0.25, -0.2) is 8.78 Å². The van der Waals surface area contributed by atoms with Crippen molar-refractivity contribution in [2.24, 2.45) is 11.8 Å². The van der Waals surface area contributed by atoms with Gasteiger partial charge >= 0.3 is 0 Å². The molecule has 3 rings (SSSR count). The van der Waals surface area contributed by atoms with E-state index in [9.17, 15) is 8.78 Å². The number of unbranched alkanes of at least 4 members (excludes halogenated alkanes) is 2. The zero-order valence-electron chi connectivity index (χ0n) is 17.4. The van der Waals surface area contributed by atoms with Crippen molar-refractivity contribution in [1.82, 2.24) is 4.98 Å². The molecule has 0 amide bonds. The smallest absolute Gasteiger partial charge is 0.142 e. The Morgan fingerprint density at radius 1 is 1.10 bits per heavy atom. The van der Waals surface area contributed by atoms with Crippen molar-refractivity contribution in [3.05, 3.63) is 64.8 Å². The van der Waals surface area contributed by atoms with Gasteiger partial charge in [0.05, 0.1) is 11.3 Å². The molecule has 158 valence electrons. The summed E-state index contributed by atoms with van der Waals surface area (Å²) in [6.45, 7) is 2.17. The van der Waals surface area contributed by atoms with Crippen molar-refractivity contribution >= 4 is 11.6 Å². The fraction of sp³-hybridized carbons (Fsp3) is 0.423. The Balaban J connectivity index is 1.69. The average molecular weight is 428 g/mol. The molecule has 1 saturated carbocycles. The number of halogens is 3. The molecule has 1 aromatic carbocycles. The quantitative estimate of drug-likeness (QED) is 0.340. The van der Waals surface area contributed by atoms with Crippen molar-refractivity contribution in [3.8, 4) is 23.1 Å². The first-order valence-electron chi connectivity index (χ1n) is 10.8. The van der Waals surface area contributed by atoms with Crippen LogP contribution in [-0.2, 0) is 6.42 Å². The van der Waals surface area contributed by atoms with Gasteiger partial charge in [-0.15, -0.1) is 0 Å². The second kappa shape index (κ2) is 11.3. The molecule has 0 aliphatic heterocycles. The molecule has 2 aromatic rings. The Hall–Kier alpha value is -2.18. The second-order valence-corrected chi connectivity index (χ2v) is 8.28. The third-order valence-electron chi connectivity index (χ3n) is 5.75. The lowest BCUT2D eigenvalue weighted by Gasteiger charge is -2.22. The van der Waals surface area contributed by atoms with E-state index in [1.165, 1.54) is 25.0 Å². The molecule has 0 unspecified atom stereocenters. The minimum absolute atomic E-state index is 0.155. The van der Waals surface area contributed by atoms with Crippen molar-refractivity contribution in [2.75, 3.05) is 0 Å². The van der Waals surface area contributed by atoms with Crippen LogP contribution in [0.5, 0.6) is 0 Å². The summed E-state index contributed by atoms with van der Waals surface area (Å²) in [7, 11) is 0. The normalized spacial score (nSPS) is 18.9. The maximum Gasteiger partial charge on any atom is 0.142 e. The van der Waals surface area contributed by atoms with Crippen molar-refractivity contribution < 1.29 is 8.78 Å². The Morgan fingerprint density at radius 3 is 2.43 bits per heavy atom. The number of aryl methyl sites for hydroxylation is 1. The van der Waals surface area contributed by atoms with Gasteiger partial charge in [-0.05, 0) is 68.2 Å². The van der Waals surface area contributed by atoms with Gasteiger partial charge in [0.2, 0.25) is 0 Å². The molecule has 1 fully saturated rings. The van der Waals surface area contributed by atoms with E-state index in [1.54, 1.807) is 11.7 Å². The maximum absolute atomic E-state index is 14.6. The van der Waals surface area contributed by atoms with Crippen LogP contribution in [0, 0.1) is 35.3 Å². The molecule has 30 heavy (non-hydrogen) atoms. The first-order chi connectivity index (χ1) is 14.6. The molecule has 0 spiro atoms.